The number of ether oxygens (including phenoxy) is 1. The largest absolute Gasteiger partial charge is 0.467 e. The second-order valence-electron chi connectivity index (χ2n) is 7.38. The van der Waals surface area contributed by atoms with Crippen molar-refractivity contribution < 1.29 is 27.1 Å². The van der Waals surface area contributed by atoms with Crippen molar-refractivity contribution in [2.24, 2.45) is 0 Å². The smallest absolute Gasteiger partial charge is 0.422 e. The molecule has 3 aromatic heterocycles. The van der Waals surface area contributed by atoms with Crippen LogP contribution in [0.15, 0.2) is 23.3 Å². The van der Waals surface area contributed by atoms with E-state index in [4.69, 9.17) is 4.74 Å². The van der Waals surface area contributed by atoms with E-state index in [2.05, 4.69) is 20.4 Å². The Kier molecular flexibility index (Phi) is 5.68. The molecule has 14 heteroatoms. The first-order valence-electron chi connectivity index (χ1n) is 10.00. The van der Waals surface area contributed by atoms with Crippen LogP contribution >= 0.6 is 0 Å². The van der Waals surface area contributed by atoms with Crippen molar-refractivity contribution in [3.05, 3.63) is 46.1 Å². The van der Waals surface area contributed by atoms with Crippen molar-refractivity contribution in [2.45, 2.75) is 45.5 Å². The summed E-state index contributed by atoms with van der Waals surface area (Å²) < 4.78 is 61.5. The topological polar surface area (TPSA) is 109 Å². The number of nitrogens with one attached hydrogen (secondary N) is 1. The molecule has 1 fully saturated rings. The SMILES string of the molecule is CCn1c(C)nn(-c2nc(OCC(F)(F)F)c(C(=O)Nc3nccn3C3CC3)cc2F)c1=O. The number of carbonyl (C=O) groups is 1. The van der Waals surface area contributed by atoms with Crippen LogP contribution < -0.4 is 15.7 Å². The highest BCUT2D eigenvalue weighted by molar-refractivity contribution is 6.05. The fraction of sp³-hybridized carbons (Fsp3) is 0.421. The van der Waals surface area contributed by atoms with Crippen LogP contribution in [0.4, 0.5) is 23.5 Å². The number of pyridine rings is 1. The Bertz CT molecular complexity index is 1260. The Morgan fingerprint density at radius 1 is 1.33 bits per heavy atom. The zero-order chi connectivity index (χ0) is 23.9. The summed E-state index contributed by atoms with van der Waals surface area (Å²) in [4.78, 5) is 33.0. The quantitative estimate of drug-likeness (QED) is 0.533. The number of amides is 1. The van der Waals surface area contributed by atoms with E-state index in [0.717, 1.165) is 12.8 Å². The summed E-state index contributed by atoms with van der Waals surface area (Å²) in [6.07, 6.45) is 0.138. The van der Waals surface area contributed by atoms with Gasteiger partial charge in [-0.05, 0) is 32.8 Å². The summed E-state index contributed by atoms with van der Waals surface area (Å²) in [5, 5.41) is 6.35. The number of aryl methyl sites for hydroxylation is 1. The average Bonchev–Trinajstić information content (AvgIpc) is 3.42. The molecule has 0 radical (unpaired) electrons. The maximum absolute atomic E-state index is 14.9. The molecule has 10 nitrogen and oxygen atoms in total. The predicted octanol–water partition coefficient (Wildman–Crippen LogP) is 2.62. The Hall–Kier alpha value is -3.71. The maximum Gasteiger partial charge on any atom is 0.422 e. The van der Waals surface area contributed by atoms with Gasteiger partial charge in [-0.1, -0.05) is 0 Å². The second kappa shape index (κ2) is 8.33. The number of hydrogen-bond acceptors (Lipinski definition) is 6. The molecular weight excluding hydrogens is 450 g/mol. The first kappa shape index (κ1) is 22.5. The second-order valence-corrected chi connectivity index (χ2v) is 7.38. The highest BCUT2D eigenvalue weighted by Crippen LogP contribution is 2.37. The highest BCUT2D eigenvalue weighted by atomic mass is 19.4. The molecule has 0 bridgehead atoms. The van der Waals surface area contributed by atoms with E-state index in [1.165, 1.54) is 17.7 Å². The Balaban J connectivity index is 1.74. The fourth-order valence-electron chi connectivity index (χ4n) is 3.26. The van der Waals surface area contributed by atoms with E-state index in [1.807, 2.05) is 0 Å². The van der Waals surface area contributed by atoms with Crippen molar-refractivity contribution in [3.8, 4) is 11.7 Å². The summed E-state index contributed by atoms with van der Waals surface area (Å²) >= 11 is 0. The molecule has 0 unspecified atom stereocenters. The standard InChI is InChI=1S/C19H19F4N7O3/c1-3-28-10(2)27-30(18(28)32)14-13(20)8-12(16(25-14)33-9-19(21,22)23)15(31)26-17-24-6-7-29(17)11-4-5-11/h6-8,11H,3-5,9H2,1-2H3,(H,24,26,31). The zero-order valence-electron chi connectivity index (χ0n) is 17.6. The van der Waals surface area contributed by atoms with Gasteiger partial charge in [-0.25, -0.2) is 14.2 Å². The zero-order valence-corrected chi connectivity index (χ0v) is 17.6. The molecule has 1 saturated carbocycles. The number of carbonyl (C=O) groups excluding carboxylic acids is 1. The molecule has 0 spiro atoms. The van der Waals surface area contributed by atoms with Crippen LogP contribution in [0.25, 0.3) is 5.82 Å². The van der Waals surface area contributed by atoms with Gasteiger partial charge in [-0.15, -0.1) is 5.10 Å². The van der Waals surface area contributed by atoms with Crippen LogP contribution in [-0.2, 0) is 6.54 Å². The minimum absolute atomic E-state index is 0.155. The van der Waals surface area contributed by atoms with Gasteiger partial charge in [-0.2, -0.15) is 22.8 Å². The molecule has 4 rings (SSSR count). The van der Waals surface area contributed by atoms with Crippen molar-refractivity contribution >= 4 is 11.9 Å². The molecule has 176 valence electrons. The molecule has 0 saturated heterocycles. The molecule has 0 aromatic carbocycles. The van der Waals surface area contributed by atoms with Crippen LogP contribution in [0, 0.1) is 12.7 Å². The molecule has 0 aliphatic heterocycles. The van der Waals surface area contributed by atoms with Crippen LogP contribution in [0.5, 0.6) is 5.88 Å². The van der Waals surface area contributed by atoms with Gasteiger partial charge in [0, 0.05) is 25.0 Å². The molecule has 1 amide bonds. The molecule has 1 N–H and O–H groups in total. The number of hydrogen-bond donors (Lipinski definition) is 1. The lowest BCUT2D eigenvalue weighted by Gasteiger charge is -2.14. The van der Waals surface area contributed by atoms with E-state index >= 15 is 0 Å². The number of anilines is 1. The van der Waals surface area contributed by atoms with Crippen molar-refractivity contribution in [1.82, 2.24) is 28.9 Å². The Morgan fingerprint density at radius 3 is 2.67 bits per heavy atom. The Labute approximate surface area is 183 Å². The van der Waals surface area contributed by atoms with Crippen LogP contribution in [-0.4, -0.2) is 47.6 Å². The number of nitrogens with zero attached hydrogens (tertiary/aromatic N) is 6. The van der Waals surface area contributed by atoms with Gasteiger partial charge >= 0.3 is 11.9 Å². The first-order chi connectivity index (χ1) is 15.6. The minimum Gasteiger partial charge on any atom is -0.467 e. The number of rotatable bonds is 7. The van der Waals surface area contributed by atoms with Crippen molar-refractivity contribution in [1.29, 1.82) is 0 Å². The lowest BCUT2D eigenvalue weighted by Crippen LogP contribution is -2.27. The average molecular weight is 469 g/mol. The molecule has 1 aliphatic carbocycles. The van der Waals surface area contributed by atoms with Crippen LogP contribution in [0.1, 0.15) is 42.0 Å². The molecule has 0 atom stereocenters. The number of alkyl halides is 3. The van der Waals surface area contributed by atoms with Gasteiger partial charge < -0.3 is 9.30 Å². The summed E-state index contributed by atoms with van der Waals surface area (Å²) in [7, 11) is 0. The summed E-state index contributed by atoms with van der Waals surface area (Å²) in [6.45, 7) is 1.63. The highest BCUT2D eigenvalue weighted by Gasteiger charge is 2.32. The monoisotopic (exact) mass is 469 g/mol. The number of imidazole rings is 1. The maximum atomic E-state index is 14.9. The lowest BCUT2D eigenvalue weighted by atomic mass is 10.2. The van der Waals surface area contributed by atoms with Gasteiger partial charge in [0.15, 0.2) is 18.2 Å². The van der Waals surface area contributed by atoms with E-state index < -0.39 is 47.5 Å². The third-order valence-corrected chi connectivity index (χ3v) is 4.94. The Morgan fingerprint density at radius 2 is 2.06 bits per heavy atom. The predicted molar refractivity (Wildman–Crippen MR) is 106 cm³/mol. The first-order valence-corrected chi connectivity index (χ1v) is 10.00. The molecule has 3 aromatic rings. The van der Waals surface area contributed by atoms with E-state index in [-0.39, 0.29) is 24.4 Å². The fourth-order valence-corrected chi connectivity index (χ4v) is 3.26. The number of aromatic nitrogens is 6. The van der Waals surface area contributed by atoms with E-state index in [1.54, 1.807) is 17.7 Å². The lowest BCUT2D eigenvalue weighted by molar-refractivity contribution is -0.154. The van der Waals surface area contributed by atoms with Gasteiger partial charge in [0.05, 0.1) is 0 Å². The van der Waals surface area contributed by atoms with Gasteiger partial charge in [0.1, 0.15) is 11.4 Å². The molecule has 1 aliphatic rings. The third-order valence-electron chi connectivity index (χ3n) is 4.94. The summed E-state index contributed by atoms with van der Waals surface area (Å²) in [6, 6.07) is 0.810. The van der Waals surface area contributed by atoms with Gasteiger partial charge in [-0.3, -0.25) is 14.7 Å². The van der Waals surface area contributed by atoms with Gasteiger partial charge in [0.2, 0.25) is 11.8 Å². The van der Waals surface area contributed by atoms with Crippen LogP contribution in [0.3, 0.4) is 0 Å². The normalized spacial score (nSPS) is 13.9. The minimum atomic E-state index is -4.75. The molecular formula is C19H19F4N7O3. The summed E-state index contributed by atoms with van der Waals surface area (Å²) in [5.41, 5.74) is -1.34. The van der Waals surface area contributed by atoms with Gasteiger partial charge in [0.25, 0.3) is 5.91 Å². The van der Waals surface area contributed by atoms with Crippen molar-refractivity contribution in [2.75, 3.05) is 11.9 Å². The van der Waals surface area contributed by atoms with Crippen molar-refractivity contribution in [3.63, 3.8) is 0 Å². The summed E-state index contributed by atoms with van der Waals surface area (Å²) in [5.74, 6) is -3.21. The third kappa shape index (κ3) is 4.59. The molecule has 3 heterocycles. The molecule has 33 heavy (non-hydrogen) atoms. The van der Waals surface area contributed by atoms with E-state index in [0.29, 0.717) is 10.7 Å². The van der Waals surface area contributed by atoms with Crippen LogP contribution in [0.2, 0.25) is 0 Å². The number of halogens is 4. The van der Waals surface area contributed by atoms with E-state index in [9.17, 15) is 27.2 Å².